The molecule has 1 N–H and O–H groups in total. The second kappa shape index (κ2) is 8.64. The predicted molar refractivity (Wildman–Crippen MR) is 139 cm³/mol. The Hall–Kier alpha value is -4.46. The third kappa shape index (κ3) is 3.62. The van der Waals surface area contributed by atoms with E-state index < -0.39 is 0 Å². The maximum absolute atomic E-state index is 5.08. The van der Waals surface area contributed by atoms with Crippen molar-refractivity contribution in [3.63, 3.8) is 0 Å². The molecule has 36 heavy (non-hydrogen) atoms. The molecule has 0 radical (unpaired) electrons. The fourth-order valence-electron chi connectivity index (χ4n) is 5.37. The highest BCUT2D eigenvalue weighted by atomic mass is 15.5. The summed E-state index contributed by atoms with van der Waals surface area (Å²) in [6.07, 6.45) is 6.05. The normalized spacial score (nSPS) is 14.6. The smallest absolute Gasteiger partial charge is 0.179 e. The second-order valence-corrected chi connectivity index (χ2v) is 9.42. The molecule has 3 heterocycles. The average molecular weight is 473 g/mol. The summed E-state index contributed by atoms with van der Waals surface area (Å²) in [4.78, 5) is 5.08. The Kier molecular flexibility index (Phi) is 5.01. The maximum Gasteiger partial charge on any atom is 0.179 e. The van der Waals surface area contributed by atoms with Crippen LogP contribution in [0.25, 0.3) is 56.0 Å². The number of nitrogens with zero attached hydrogens (tertiary/aromatic N) is 7. The molecule has 6 aromatic rings. The molecule has 8 heteroatoms. The number of H-pyrrole nitrogens is 1. The minimum atomic E-state index is 0.398. The van der Waals surface area contributed by atoms with E-state index >= 15 is 0 Å². The molecule has 3 aromatic carbocycles. The van der Waals surface area contributed by atoms with Crippen molar-refractivity contribution in [3.05, 3.63) is 72.8 Å². The van der Waals surface area contributed by atoms with Gasteiger partial charge in [0.2, 0.25) is 0 Å². The average Bonchev–Trinajstić information content (AvgIpc) is 3.62. The first-order chi connectivity index (χ1) is 17.8. The van der Waals surface area contributed by atoms with Gasteiger partial charge in [-0.1, -0.05) is 61.7 Å². The van der Waals surface area contributed by atoms with Gasteiger partial charge in [0.15, 0.2) is 11.6 Å². The molecule has 3 aromatic heterocycles. The molecular formula is C28H24N8. The number of hydrogen-bond donors (Lipinski definition) is 1. The number of tetrazole rings is 1. The van der Waals surface area contributed by atoms with Gasteiger partial charge in [-0.3, -0.25) is 0 Å². The first kappa shape index (κ1) is 20.9. The monoisotopic (exact) mass is 472 g/mol. The van der Waals surface area contributed by atoms with Gasteiger partial charge in [0.1, 0.15) is 5.69 Å². The highest BCUT2D eigenvalue weighted by Gasteiger charge is 2.24. The van der Waals surface area contributed by atoms with Gasteiger partial charge in [0.25, 0.3) is 0 Å². The van der Waals surface area contributed by atoms with Gasteiger partial charge in [-0.05, 0) is 64.7 Å². The molecule has 176 valence electrons. The summed E-state index contributed by atoms with van der Waals surface area (Å²) in [7, 11) is 0. The van der Waals surface area contributed by atoms with Crippen molar-refractivity contribution in [2.75, 3.05) is 0 Å². The third-order valence-electron chi connectivity index (χ3n) is 7.17. The van der Waals surface area contributed by atoms with Crippen LogP contribution in [0.2, 0.25) is 0 Å². The lowest BCUT2D eigenvalue weighted by Gasteiger charge is -2.25. The maximum atomic E-state index is 5.08. The molecule has 0 bridgehead atoms. The van der Waals surface area contributed by atoms with Crippen molar-refractivity contribution in [3.8, 4) is 34.0 Å². The summed E-state index contributed by atoms with van der Waals surface area (Å²) in [5.41, 5.74) is 6.89. The lowest BCUT2D eigenvalue weighted by Crippen LogP contribution is -2.14. The molecule has 1 aliphatic rings. The van der Waals surface area contributed by atoms with Gasteiger partial charge >= 0.3 is 0 Å². The molecule has 0 saturated heterocycles. The molecule has 1 aliphatic carbocycles. The summed E-state index contributed by atoms with van der Waals surface area (Å²) < 4.78 is 2.38. The molecular weight excluding hydrogens is 448 g/mol. The molecule has 0 aliphatic heterocycles. The Morgan fingerprint density at radius 1 is 0.722 bits per heavy atom. The van der Waals surface area contributed by atoms with Crippen molar-refractivity contribution >= 4 is 21.9 Å². The van der Waals surface area contributed by atoms with Crippen LogP contribution in [0.3, 0.4) is 0 Å². The molecule has 0 unspecified atom stereocenters. The van der Waals surface area contributed by atoms with Gasteiger partial charge in [-0.25, -0.2) is 10.1 Å². The highest BCUT2D eigenvalue weighted by Crippen LogP contribution is 2.37. The predicted octanol–water partition coefficient (Wildman–Crippen LogP) is 6.00. The van der Waals surface area contributed by atoms with Crippen molar-refractivity contribution in [1.82, 2.24) is 40.4 Å². The van der Waals surface area contributed by atoms with E-state index in [1.807, 2.05) is 30.3 Å². The Bertz CT molecular complexity index is 1670. The fraction of sp³-hybridized carbons (Fsp3) is 0.214. The Morgan fingerprint density at radius 3 is 2.39 bits per heavy atom. The lowest BCUT2D eigenvalue weighted by molar-refractivity contribution is 0.362. The standard InChI is InChI=1S/C28H24N8/c1-3-7-18(8-4-1)19-11-12-20-16-25(31-30-23(20)15-19)28-29-24-17-21(27-32-34-35-33-27)13-14-26(24)36(28)22-9-5-2-6-10-22/h1,3-4,7-8,11-17,22H,2,5-6,9-10H2,(H,32,33,34,35). The summed E-state index contributed by atoms with van der Waals surface area (Å²) >= 11 is 0. The van der Waals surface area contributed by atoms with Crippen LogP contribution >= 0.6 is 0 Å². The number of hydrogen-bond acceptors (Lipinski definition) is 6. The van der Waals surface area contributed by atoms with E-state index in [0.717, 1.165) is 57.4 Å². The van der Waals surface area contributed by atoms with E-state index in [-0.39, 0.29) is 0 Å². The Morgan fingerprint density at radius 2 is 1.56 bits per heavy atom. The van der Waals surface area contributed by atoms with Crippen LogP contribution in [0.15, 0.2) is 72.8 Å². The van der Waals surface area contributed by atoms with Crippen molar-refractivity contribution in [1.29, 1.82) is 0 Å². The van der Waals surface area contributed by atoms with E-state index in [1.54, 1.807) is 0 Å². The van der Waals surface area contributed by atoms with Gasteiger partial charge in [-0.15, -0.1) is 15.3 Å². The minimum Gasteiger partial charge on any atom is -0.319 e. The second-order valence-electron chi connectivity index (χ2n) is 9.42. The number of benzene rings is 3. The van der Waals surface area contributed by atoms with Crippen LogP contribution in [0.1, 0.15) is 38.1 Å². The quantitative estimate of drug-likeness (QED) is 0.338. The number of aromatic amines is 1. The fourth-order valence-corrected chi connectivity index (χ4v) is 5.37. The van der Waals surface area contributed by atoms with Crippen molar-refractivity contribution in [2.24, 2.45) is 0 Å². The highest BCUT2D eigenvalue weighted by molar-refractivity contribution is 5.88. The van der Waals surface area contributed by atoms with E-state index in [9.17, 15) is 0 Å². The van der Waals surface area contributed by atoms with E-state index in [1.165, 1.54) is 24.8 Å². The SMILES string of the molecule is c1ccc(-c2ccc3cc(-c4nc5cc(-c6nnn[nH]6)ccc5n4C4CCCCC4)nnc3c2)cc1. The van der Waals surface area contributed by atoms with Crippen LogP contribution < -0.4 is 0 Å². The summed E-state index contributed by atoms with van der Waals surface area (Å²) in [6, 6.07) is 25.4. The summed E-state index contributed by atoms with van der Waals surface area (Å²) in [5.74, 6) is 1.50. The van der Waals surface area contributed by atoms with Crippen LogP contribution in [0.5, 0.6) is 0 Å². The first-order valence-electron chi connectivity index (χ1n) is 12.4. The third-order valence-corrected chi connectivity index (χ3v) is 7.17. The van der Waals surface area contributed by atoms with Gasteiger partial charge in [0.05, 0.1) is 16.6 Å². The molecule has 8 nitrogen and oxygen atoms in total. The summed E-state index contributed by atoms with van der Waals surface area (Å²) in [5, 5.41) is 24.7. The first-order valence-corrected chi connectivity index (χ1v) is 12.4. The molecule has 7 rings (SSSR count). The van der Waals surface area contributed by atoms with Gasteiger partial charge in [-0.2, -0.15) is 0 Å². The van der Waals surface area contributed by atoms with Gasteiger partial charge < -0.3 is 4.57 Å². The van der Waals surface area contributed by atoms with Crippen LogP contribution in [0.4, 0.5) is 0 Å². The number of aromatic nitrogens is 8. The molecule has 1 fully saturated rings. The zero-order valence-corrected chi connectivity index (χ0v) is 19.7. The van der Waals surface area contributed by atoms with Crippen LogP contribution in [-0.4, -0.2) is 40.4 Å². The van der Waals surface area contributed by atoms with Crippen LogP contribution in [0, 0.1) is 0 Å². The number of rotatable bonds is 4. The van der Waals surface area contributed by atoms with E-state index in [2.05, 4.69) is 77.9 Å². The Balaban J connectivity index is 1.36. The topological polar surface area (TPSA) is 98.1 Å². The largest absolute Gasteiger partial charge is 0.319 e. The molecule has 0 atom stereocenters. The minimum absolute atomic E-state index is 0.398. The molecule has 1 saturated carbocycles. The molecule has 0 amide bonds. The van der Waals surface area contributed by atoms with E-state index in [0.29, 0.717) is 11.9 Å². The van der Waals surface area contributed by atoms with Crippen LogP contribution in [-0.2, 0) is 0 Å². The number of imidazole rings is 1. The van der Waals surface area contributed by atoms with Crippen molar-refractivity contribution in [2.45, 2.75) is 38.1 Å². The van der Waals surface area contributed by atoms with E-state index in [4.69, 9.17) is 4.98 Å². The number of nitrogens with one attached hydrogen (secondary N) is 1. The number of fused-ring (bicyclic) bond motifs is 2. The zero-order chi connectivity index (χ0) is 23.9. The molecule has 0 spiro atoms. The lowest BCUT2D eigenvalue weighted by atomic mass is 9.95. The summed E-state index contributed by atoms with van der Waals surface area (Å²) in [6.45, 7) is 0. The Labute approximate surface area is 207 Å². The van der Waals surface area contributed by atoms with Gasteiger partial charge in [0, 0.05) is 17.0 Å². The zero-order valence-electron chi connectivity index (χ0n) is 19.7. The van der Waals surface area contributed by atoms with Crippen molar-refractivity contribution < 1.29 is 0 Å².